The number of guanidine groups is 1. The van der Waals surface area contributed by atoms with Crippen LogP contribution in [0, 0.1) is 29.1 Å². The number of nitrogens with zero attached hydrogens (tertiary/aromatic N) is 1. The normalized spacial score (nSPS) is 11.6. The fourth-order valence-electron chi connectivity index (χ4n) is 1.11. The summed E-state index contributed by atoms with van der Waals surface area (Å²) in [5, 5.41) is 1.89. The number of hydrazine groups is 1. The lowest BCUT2D eigenvalue weighted by Crippen LogP contribution is -2.37. The zero-order valence-electron chi connectivity index (χ0n) is 9.12. The summed E-state index contributed by atoms with van der Waals surface area (Å²) in [5.41, 5.74) is 0.701. The van der Waals surface area contributed by atoms with Crippen LogP contribution in [0.3, 0.4) is 0 Å². The summed E-state index contributed by atoms with van der Waals surface area (Å²) < 4.78 is 64.9. The summed E-state index contributed by atoms with van der Waals surface area (Å²) in [5.74, 6) is -5.69. The lowest BCUT2D eigenvalue weighted by molar-refractivity contribution is 0.382. The van der Waals surface area contributed by atoms with Crippen molar-refractivity contribution in [3.63, 3.8) is 0 Å². The average molecular weight is 268 g/mol. The van der Waals surface area contributed by atoms with E-state index in [4.69, 9.17) is 5.84 Å². The Labute approximate surface area is 98.7 Å². The lowest BCUT2D eigenvalue weighted by atomic mass is 10.2. The molecule has 0 atom stereocenters. The molecule has 0 amide bonds. The number of benzene rings is 1. The number of hydrogen-bond acceptors (Lipinski definition) is 2. The summed E-state index contributed by atoms with van der Waals surface area (Å²) in [4.78, 5) is 3.60. The van der Waals surface area contributed by atoms with Crippen molar-refractivity contribution in [3.05, 3.63) is 29.1 Å². The Hall–Kier alpha value is -1.90. The van der Waals surface area contributed by atoms with E-state index in [1.165, 1.54) is 0 Å². The predicted molar refractivity (Wildman–Crippen MR) is 55.2 cm³/mol. The largest absolute Gasteiger partial charge is 0.320 e. The van der Waals surface area contributed by atoms with Crippen LogP contribution in [0.4, 0.5) is 27.6 Å². The van der Waals surface area contributed by atoms with Crippen molar-refractivity contribution >= 4 is 11.6 Å². The molecule has 0 bridgehead atoms. The van der Waals surface area contributed by atoms with Gasteiger partial charge in [0.05, 0.1) is 0 Å². The molecule has 1 rings (SSSR count). The van der Waals surface area contributed by atoms with E-state index >= 15 is 0 Å². The summed E-state index contributed by atoms with van der Waals surface area (Å²) in [6.07, 6.45) is 0. The van der Waals surface area contributed by atoms with Crippen LogP contribution in [0.15, 0.2) is 4.99 Å². The fourth-order valence-corrected chi connectivity index (χ4v) is 1.11. The second-order valence-electron chi connectivity index (χ2n) is 3.04. The molecular formula is C9H9F5N4. The van der Waals surface area contributed by atoms with Crippen LogP contribution in [-0.4, -0.2) is 12.5 Å². The minimum absolute atomic E-state index is 0.182. The van der Waals surface area contributed by atoms with E-state index in [9.17, 15) is 22.0 Å². The first-order valence-electron chi connectivity index (χ1n) is 4.73. The molecule has 0 unspecified atom stereocenters. The van der Waals surface area contributed by atoms with Crippen molar-refractivity contribution in [2.24, 2.45) is 10.8 Å². The molecule has 1 aromatic rings. The molecular weight excluding hydrogens is 259 g/mol. The maximum atomic E-state index is 13.2. The third kappa shape index (κ3) is 2.50. The summed E-state index contributed by atoms with van der Waals surface area (Å²) in [7, 11) is 0. The smallest absolute Gasteiger partial charge is 0.210 e. The molecule has 0 spiro atoms. The van der Waals surface area contributed by atoms with Gasteiger partial charge in [-0.2, -0.15) is 0 Å². The van der Waals surface area contributed by atoms with Gasteiger partial charge in [-0.3, -0.25) is 10.4 Å². The molecule has 0 aromatic heterocycles. The molecule has 4 nitrogen and oxygen atoms in total. The average Bonchev–Trinajstić information content (AvgIpc) is 2.37. The van der Waals surface area contributed by atoms with Crippen molar-refractivity contribution in [2.75, 3.05) is 11.9 Å². The number of nitrogens with two attached hydrogens (primary N) is 1. The van der Waals surface area contributed by atoms with Crippen LogP contribution >= 0.6 is 0 Å². The van der Waals surface area contributed by atoms with Crippen molar-refractivity contribution < 1.29 is 22.0 Å². The van der Waals surface area contributed by atoms with Gasteiger partial charge in [-0.1, -0.05) is 0 Å². The Kier molecular flexibility index (Phi) is 4.43. The Balaban J connectivity index is 3.29. The quantitative estimate of drug-likeness (QED) is 0.145. The van der Waals surface area contributed by atoms with E-state index in [1.807, 2.05) is 10.7 Å². The van der Waals surface area contributed by atoms with Crippen molar-refractivity contribution in [3.8, 4) is 0 Å². The van der Waals surface area contributed by atoms with Gasteiger partial charge in [-0.25, -0.2) is 27.8 Å². The first-order chi connectivity index (χ1) is 8.43. The maximum absolute atomic E-state index is 13.2. The molecule has 0 saturated carbocycles. The Morgan fingerprint density at radius 2 is 1.44 bits per heavy atom. The number of aliphatic imine (C=N–C) groups is 1. The third-order valence-electron chi connectivity index (χ3n) is 1.91. The molecule has 100 valence electrons. The van der Waals surface area contributed by atoms with Crippen LogP contribution in [0.2, 0.25) is 0 Å². The van der Waals surface area contributed by atoms with Gasteiger partial charge in [-0.05, 0) is 6.92 Å². The van der Waals surface area contributed by atoms with E-state index in [1.54, 1.807) is 6.92 Å². The van der Waals surface area contributed by atoms with Gasteiger partial charge in [0.15, 0.2) is 23.3 Å². The minimum Gasteiger partial charge on any atom is -0.320 e. The Morgan fingerprint density at radius 3 is 1.83 bits per heavy atom. The second-order valence-corrected chi connectivity index (χ2v) is 3.04. The van der Waals surface area contributed by atoms with Crippen LogP contribution in [0.1, 0.15) is 6.92 Å². The third-order valence-corrected chi connectivity index (χ3v) is 1.91. The highest BCUT2D eigenvalue weighted by molar-refractivity contribution is 5.93. The van der Waals surface area contributed by atoms with Gasteiger partial charge in [0, 0.05) is 6.54 Å². The molecule has 0 aliphatic carbocycles. The van der Waals surface area contributed by atoms with Crippen molar-refractivity contribution in [1.82, 2.24) is 5.43 Å². The molecule has 0 fully saturated rings. The van der Waals surface area contributed by atoms with Gasteiger partial charge in [0.1, 0.15) is 5.69 Å². The van der Waals surface area contributed by atoms with Gasteiger partial charge in [0.25, 0.3) is 0 Å². The summed E-state index contributed by atoms with van der Waals surface area (Å²) in [6, 6.07) is 0. The molecule has 18 heavy (non-hydrogen) atoms. The van der Waals surface area contributed by atoms with E-state index in [0.29, 0.717) is 0 Å². The second kappa shape index (κ2) is 5.63. The number of rotatable bonds is 2. The highest BCUT2D eigenvalue weighted by atomic mass is 19.2. The highest BCUT2D eigenvalue weighted by Crippen LogP contribution is 2.26. The number of nitrogens with one attached hydrogen (secondary N) is 2. The van der Waals surface area contributed by atoms with Crippen LogP contribution in [-0.2, 0) is 0 Å². The minimum atomic E-state index is -2.23. The molecule has 4 N–H and O–H groups in total. The molecule has 0 aliphatic rings. The molecule has 1 aromatic carbocycles. The van der Waals surface area contributed by atoms with E-state index < -0.39 is 34.8 Å². The number of anilines is 1. The molecule has 0 radical (unpaired) electrons. The number of hydrogen-bond donors (Lipinski definition) is 3. The zero-order chi connectivity index (χ0) is 13.9. The first kappa shape index (κ1) is 14.2. The van der Waals surface area contributed by atoms with Crippen LogP contribution in [0.5, 0.6) is 0 Å². The standard InChI is InChI=1S/C9H9F5N4/c1-2-16-9(18-15)17-8-6(13)4(11)3(10)5(12)7(8)14/h2,15H2,1H3,(H2,16,17,18). The monoisotopic (exact) mass is 268 g/mol. The molecule has 0 heterocycles. The molecule has 0 saturated heterocycles. The van der Waals surface area contributed by atoms with Gasteiger partial charge in [-0.15, -0.1) is 0 Å². The fraction of sp³-hybridized carbons (Fsp3) is 0.222. The van der Waals surface area contributed by atoms with Gasteiger partial charge >= 0.3 is 0 Å². The number of halogens is 5. The van der Waals surface area contributed by atoms with E-state index in [0.717, 1.165) is 0 Å². The van der Waals surface area contributed by atoms with Gasteiger partial charge in [0.2, 0.25) is 11.8 Å². The molecule has 0 aliphatic heterocycles. The topological polar surface area (TPSA) is 62.4 Å². The van der Waals surface area contributed by atoms with Crippen molar-refractivity contribution in [1.29, 1.82) is 0 Å². The highest BCUT2D eigenvalue weighted by Gasteiger charge is 2.26. The van der Waals surface area contributed by atoms with E-state index in [-0.39, 0.29) is 12.5 Å². The predicted octanol–water partition coefficient (Wildman–Crippen LogP) is 1.63. The lowest BCUT2D eigenvalue weighted by Gasteiger charge is -2.12. The van der Waals surface area contributed by atoms with Crippen LogP contribution in [0.25, 0.3) is 0 Å². The van der Waals surface area contributed by atoms with Gasteiger partial charge < -0.3 is 5.32 Å². The van der Waals surface area contributed by atoms with Crippen molar-refractivity contribution in [2.45, 2.75) is 6.92 Å². The van der Waals surface area contributed by atoms with Crippen LogP contribution < -0.4 is 16.6 Å². The SMILES string of the molecule is CCN=C(NN)Nc1c(F)c(F)c(F)c(F)c1F. The zero-order valence-corrected chi connectivity index (χ0v) is 9.12. The Bertz CT molecular complexity index is 459. The maximum Gasteiger partial charge on any atom is 0.210 e. The summed E-state index contributed by atoms with van der Waals surface area (Å²) in [6.45, 7) is 1.76. The van der Waals surface area contributed by atoms with E-state index in [2.05, 4.69) is 4.99 Å². The molecule has 9 heteroatoms. The first-order valence-corrected chi connectivity index (χ1v) is 4.73. The summed E-state index contributed by atoms with van der Waals surface area (Å²) >= 11 is 0. The Morgan fingerprint density at radius 1 is 1.00 bits per heavy atom.